The monoisotopic (exact) mass is 158 g/mol. The first-order valence-corrected chi connectivity index (χ1v) is 4.21. The summed E-state index contributed by atoms with van der Waals surface area (Å²) in [6.45, 7) is 7.84. The van der Waals surface area contributed by atoms with Gasteiger partial charge in [-0.2, -0.15) is 0 Å². The van der Waals surface area contributed by atoms with Gasteiger partial charge in [-0.15, -0.1) is 0 Å². The highest BCUT2D eigenvalue weighted by molar-refractivity contribution is 4.95. The Labute approximate surface area is 68.6 Å². The van der Waals surface area contributed by atoms with Gasteiger partial charge in [0.15, 0.2) is 0 Å². The Hall–Kier alpha value is -0.0800. The summed E-state index contributed by atoms with van der Waals surface area (Å²) >= 11 is 0. The lowest BCUT2D eigenvalue weighted by Crippen LogP contribution is -2.19. The summed E-state index contributed by atoms with van der Waals surface area (Å²) in [7, 11) is 0. The summed E-state index contributed by atoms with van der Waals surface area (Å²) in [5.74, 6) is 0. The molecule has 1 aliphatic heterocycles. The van der Waals surface area contributed by atoms with E-state index >= 15 is 0 Å². The number of ether oxygens (including phenoxy) is 1. The molecule has 0 radical (unpaired) electrons. The van der Waals surface area contributed by atoms with Gasteiger partial charge < -0.3 is 9.84 Å². The molecule has 0 aromatic carbocycles. The zero-order valence-electron chi connectivity index (χ0n) is 7.85. The quantitative estimate of drug-likeness (QED) is 0.634. The maximum absolute atomic E-state index is 9.41. The van der Waals surface area contributed by atoms with E-state index in [0.29, 0.717) is 6.10 Å². The fourth-order valence-corrected chi connectivity index (χ4v) is 1.22. The topological polar surface area (TPSA) is 32.8 Å². The van der Waals surface area contributed by atoms with Crippen LogP contribution in [0.2, 0.25) is 0 Å². The summed E-state index contributed by atoms with van der Waals surface area (Å²) in [5, 5.41) is 9.41. The Bertz CT molecular complexity index is 144. The van der Waals surface area contributed by atoms with E-state index in [9.17, 15) is 5.11 Å². The van der Waals surface area contributed by atoms with Crippen molar-refractivity contribution in [3.8, 4) is 0 Å². The average molecular weight is 158 g/mol. The van der Waals surface area contributed by atoms with E-state index in [-0.39, 0.29) is 5.60 Å². The zero-order chi connectivity index (χ0) is 8.70. The van der Waals surface area contributed by atoms with E-state index < -0.39 is 5.60 Å². The van der Waals surface area contributed by atoms with Crippen molar-refractivity contribution in [1.29, 1.82) is 0 Å². The van der Waals surface area contributed by atoms with Crippen molar-refractivity contribution in [1.82, 2.24) is 0 Å². The molecule has 0 amide bonds. The van der Waals surface area contributed by atoms with Crippen LogP contribution >= 0.6 is 0 Å². The third-order valence-electron chi connectivity index (χ3n) is 2.18. The van der Waals surface area contributed by atoms with Gasteiger partial charge in [-0.1, -0.05) is 0 Å². The molecule has 1 rings (SSSR count). The molecule has 2 heteroatoms. The molecular formula is C9H18O2. The molecule has 1 saturated heterocycles. The van der Waals surface area contributed by atoms with Crippen molar-refractivity contribution < 1.29 is 9.84 Å². The molecule has 0 aliphatic carbocycles. The molecule has 11 heavy (non-hydrogen) atoms. The standard InChI is InChI=1S/C9H18O2/c1-8(2,10)6-5-7-9(3,4)11-7/h7,10H,5-6H2,1-4H3/t7-/m1/s1. The number of aliphatic hydroxyl groups is 1. The zero-order valence-corrected chi connectivity index (χ0v) is 7.85. The van der Waals surface area contributed by atoms with E-state index in [1.807, 2.05) is 13.8 Å². The number of rotatable bonds is 3. The number of hydrogen-bond acceptors (Lipinski definition) is 2. The molecule has 1 aliphatic rings. The second-order valence-corrected chi connectivity index (χ2v) is 4.56. The summed E-state index contributed by atoms with van der Waals surface area (Å²) in [5.41, 5.74) is -0.465. The van der Waals surface area contributed by atoms with Crippen LogP contribution in [0.3, 0.4) is 0 Å². The average Bonchev–Trinajstić information content (AvgIpc) is 2.33. The summed E-state index contributed by atoms with van der Waals surface area (Å²) < 4.78 is 5.39. The van der Waals surface area contributed by atoms with Crippen LogP contribution in [0, 0.1) is 0 Å². The first-order valence-electron chi connectivity index (χ1n) is 4.21. The molecule has 1 atom stereocenters. The van der Waals surface area contributed by atoms with Crippen LogP contribution in [-0.4, -0.2) is 22.4 Å². The van der Waals surface area contributed by atoms with Gasteiger partial charge in [-0.05, 0) is 40.5 Å². The minimum atomic E-state index is -0.540. The highest BCUT2D eigenvalue weighted by Gasteiger charge is 2.47. The van der Waals surface area contributed by atoms with Crippen LogP contribution in [0.4, 0.5) is 0 Å². The molecule has 0 aromatic rings. The van der Waals surface area contributed by atoms with Crippen LogP contribution in [0.1, 0.15) is 40.5 Å². The number of epoxide rings is 1. The second kappa shape index (κ2) is 2.46. The predicted molar refractivity (Wildman–Crippen MR) is 44.5 cm³/mol. The van der Waals surface area contributed by atoms with Crippen molar-refractivity contribution in [3.63, 3.8) is 0 Å². The fraction of sp³-hybridized carbons (Fsp3) is 1.00. The van der Waals surface area contributed by atoms with Crippen molar-refractivity contribution in [2.75, 3.05) is 0 Å². The maximum Gasteiger partial charge on any atom is 0.0892 e. The lowest BCUT2D eigenvalue weighted by Gasteiger charge is -2.15. The molecule has 2 nitrogen and oxygen atoms in total. The van der Waals surface area contributed by atoms with Crippen molar-refractivity contribution in [2.24, 2.45) is 0 Å². The molecule has 0 bridgehead atoms. The minimum absolute atomic E-state index is 0.0747. The Morgan fingerprint density at radius 1 is 1.45 bits per heavy atom. The van der Waals surface area contributed by atoms with E-state index in [4.69, 9.17) is 4.74 Å². The van der Waals surface area contributed by atoms with Crippen molar-refractivity contribution >= 4 is 0 Å². The van der Waals surface area contributed by atoms with Gasteiger partial charge in [0.05, 0.1) is 17.3 Å². The number of hydrogen-bond donors (Lipinski definition) is 1. The molecule has 1 N–H and O–H groups in total. The summed E-state index contributed by atoms with van der Waals surface area (Å²) in [4.78, 5) is 0. The Morgan fingerprint density at radius 2 is 1.91 bits per heavy atom. The van der Waals surface area contributed by atoms with Gasteiger partial charge >= 0.3 is 0 Å². The summed E-state index contributed by atoms with van der Waals surface area (Å²) in [6.07, 6.45) is 2.16. The smallest absolute Gasteiger partial charge is 0.0892 e. The summed E-state index contributed by atoms with van der Waals surface area (Å²) in [6, 6.07) is 0. The molecular weight excluding hydrogens is 140 g/mol. The maximum atomic E-state index is 9.41. The van der Waals surface area contributed by atoms with E-state index in [2.05, 4.69) is 13.8 Å². The predicted octanol–water partition coefficient (Wildman–Crippen LogP) is 1.71. The Balaban J connectivity index is 2.16. The van der Waals surface area contributed by atoms with Crippen molar-refractivity contribution in [2.45, 2.75) is 57.8 Å². The molecule has 0 saturated carbocycles. The van der Waals surface area contributed by atoms with E-state index in [0.717, 1.165) is 12.8 Å². The molecule has 0 unspecified atom stereocenters. The molecule has 1 fully saturated rings. The van der Waals surface area contributed by atoms with Crippen LogP contribution < -0.4 is 0 Å². The minimum Gasteiger partial charge on any atom is -0.390 e. The van der Waals surface area contributed by atoms with Crippen molar-refractivity contribution in [3.05, 3.63) is 0 Å². The van der Waals surface area contributed by atoms with Gasteiger partial charge in [-0.25, -0.2) is 0 Å². The SMILES string of the molecule is CC(C)(O)CC[C@H]1OC1(C)C. The molecule has 0 spiro atoms. The van der Waals surface area contributed by atoms with Gasteiger partial charge in [0.2, 0.25) is 0 Å². The van der Waals surface area contributed by atoms with Crippen LogP contribution in [-0.2, 0) is 4.74 Å². The van der Waals surface area contributed by atoms with Gasteiger partial charge in [0, 0.05) is 0 Å². The molecule has 0 aromatic heterocycles. The molecule has 1 heterocycles. The lowest BCUT2D eigenvalue weighted by atomic mass is 9.98. The highest BCUT2D eigenvalue weighted by atomic mass is 16.6. The first kappa shape index (κ1) is 9.01. The van der Waals surface area contributed by atoms with Crippen LogP contribution in [0.5, 0.6) is 0 Å². The third-order valence-corrected chi connectivity index (χ3v) is 2.18. The largest absolute Gasteiger partial charge is 0.390 e. The first-order chi connectivity index (χ1) is 4.81. The highest BCUT2D eigenvalue weighted by Crippen LogP contribution is 2.39. The third kappa shape index (κ3) is 2.80. The van der Waals surface area contributed by atoms with E-state index in [1.165, 1.54) is 0 Å². The second-order valence-electron chi connectivity index (χ2n) is 4.56. The fourth-order valence-electron chi connectivity index (χ4n) is 1.22. The Morgan fingerprint density at radius 3 is 2.18 bits per heavy atom. The van der Waals surface area contributed by atoms with Gasteiger partial charge in [-0.3, -0.25) is 0 Å². The normalized spacial score (nSPS) is 28.6. The Kier molecular flexibility index (Phi) is 2.01. The van der Waals surface area contributed by atoms with E-state index in [1.54, 1.807) is 0 Å². The van der Waals surface area contributed by atoms with Crippen LogP contribution in [0.15, 0.2) is 0 Å². The van der Waals surface area contributed by atoms with Gasteiger partial charge in [0.25, 0.3) is 0 Å². The lowest BCUT2D eigenvalue weighted by molar-refractivity contribution is 0.0663. The molecule has 66 valence electrons. The van der Waals surface area contributed by atoms with Crippen LogP contribution in [0.25, 0.3) is 0 Å². The van der Waals surface area contributed by atoms with Gasteiger partial charge in [0.1, 0.15) is 0 Å².